The van der Waals surface area contributed by atoms with Crippen LogP contribution in [-0.2, 0) is 24.4 Å². The van der Waals surface area contributed by atoms with Crippen LogP contribution >= 0.6 is 11.6 Å². The highest BCUT2D eigenvalue weighted by atomic mass is 35.5. The van der Waals surface area contributed by atoms with Crippen LogP contribution in [0.25, 0.3) is 0 Å². The van der Waals surface area contributed by atoms with Crippen molar-refractivity contribution in [2.45, 2.75) is 32.8 Å². The largest absolute Gasteiger partial charge is 0.411 e. The van der Waals surface area contributed by atoms with Crippen molar-refractivity contribution in [3.8, 4) is 0 Å². The zero-order chi connectivity index (χ0) is 19.3. The Balaban J connectivity index is 2.04. The summed E-state index contributed by atoms with van der Waals surface area (Å²) in [7, 11) is 1.62. The molecular formula is C17H19ClF3N3O2. The lowest BCUT2D eigenvalue weighted by Gasteiger charge is -2.18. The van der Waals surface area contributed by atoms with E-state index in [0.717, 1.165) is 5.69 Å². The quantitative estimate of drug-likeness (QED) is 0.721. The Bertz CT molecular complexity index is 762. The summed E-state index contributed by atoms with van der Waals surface area (Å²) in [5, 5.41) is 4.60. The van der Waals surface area contributed by atoms with E-state index in [1.165, 1.54) is 17.2 Å². The van der Waals surface area contributed by atoms with Crippen molar-refractivity contribution in [3.63, 3.8) is 0 Å². The number of hydrogen-bond acceptors (Lipinski definition) is 3. The summed E-state index contributed by atoms with van der Waals surface area (Å²) in [6.07, 6.45) is -2.85. The molecule has 0 aliphatic carbocycles. The number of nitrogens with zero attached hydrogens (tertiary/aromatic N) is 3. The molecule has 1 heterocycles. The number of halogens is 4. The van der Waals surface area contributed by atoms with Gasteiger partial charge in [0.2, 0.25) is 0 Å². The fraction of sp³-hybridized carbons (Fsp3) is 0.412. The van der Waals surface area contributed by atoms with Gasteiger partial charge in [0.05, 0.1) is 30.1 Å². The number of rotatable bonds is 7. The molecule has 0 spiro atoms. The van der Waals surface area contributed by atoms with Gasteiger partial charge in [-0.3, -0.25) is 9.48 Å². The minimum atomic E-state index is -4.38. The predicted octanol–water partition coefficient (Wildman–Crippen LogP) is 3.91. The molecule has 0 fully saturated rings. The van der Waals surface area contributed by atoms with Crippen molar-refractivity contribution in [1.29, 1.82) is 0 Å². The van der Waals surface area contributed by atoms with E-state index >= 15 is 0 Å². The first kappa shape index (κ1) is 20.3. The molecule has 0 N–H and O–H groups in total. The lowest BCUT2D eigenvalue weighted by atomic mass is 10.1. The number of carbonyl (C=O) groups excluding carboxylic acids is 1. The first-order valence-electron chi connectivity index (χ1n) is 7.90. The summed E-state index contributed by atoms with van der Waals surface area (Å²) in [5.74, 6) is -0.275. The number of aromatic nitrogens is 2. The van der Waals surface area contributed by atoms with Crippen LogP contribution in [-0.4, -0.2) is 40.4 Å². The van der Waals surface area contributed by atoms with Crippen molar-refractivity contribution in [2.75, 3.05) is 13.7 Å². The Morgan fingerprint density at radius 1 is 1.38 bits per heavy atom. The van der Waals surface area contributed by atoms with Crippen LogP contribution < -0.4 is 0 Å². The third-order valence-corrected chi connectivity index (χ3v) is 3.96. The lowest BCUT2D eigenvalue weighted by Crippen LogP contribution is -2.27. The lowest BCUT2D eigenvalue weighted by molar-refractivity contribution is -0.176. The smallest absolute Gasteiger partial charge is 0.367 e. The number of carbonyl (C=O) groups is 1. The molecule has 0 atom stereocenters. The van der Waals surface area contributed by atoms with E-state index in [1.54, 1.807) is 29.9 Å². The maximum Gasteiger partial charge on any atom is 0.411 e. The SMILES string of the molecule is CCn1ncc(Cl)c1CN(C)C(=O)c1cccc(COCC(F)(F)F)c1. The number of amides is 1. The minimum absolute atomic E-state index is 0.223. The normalized spacial score (nSPS) is 11.6. The van der Waals surface area contributed by atoms with Gasteiger partial charge in [-0.25, -0.2) is 0 Å². The molecule has 1 amide bonds. The van der Waals surface area contributed by atoms with E-state index in [9.17, 15) is 18.0 Å². The summed E-state index contributed by atoms with van der Waals surface area (Å²) < 4.78 is 42.8. The Hall–Kier alpha value is -2.06. The summed E-state index contributed by atoms with van der Waals surface area (Å²) in [6, 6.07) is 6.34. The number of hydrogen-bond donors (Lipinski definition) is 0. The van der Waals surface area contributed by atoms with Gasteiger partial charge in [0.15, 0.2) is 0 Å². The van der Waals surface area contributed by atoms with Crippen molar-refractivity contribution in [2.24, 2.45) is 0 Å². The van der Waals surface area contributed by atoms with Gasteiger partial charge in [0.25, 0.3) is 5.91 Å². The van der Waals surface area contributed by atoms with Crippen molar-refractivity contribution in [1.82, 2.24) is 14.7 Å². The average Bonchev–Trinajstić information content (AvgIpc) is 2.93. The fourth-order valence-electron chi connectivity index (χ4n) is 2.41. The Kier molecular flexibility index (Phi) is 6.66. The highest BCUT2D eigenvalue weighted by Crippen LogP contribution is 2.19. The van der Waals surface area contributed by atoms with Gasteiger partial charge in [-0.15, -0.1) is 0 Å². The molecule has 2 aromatic rings. The maximum absolute atomic E-state index is 12.6. The van der Waals surface area contributed by atoms with E-state index in [-0.39, 0.29) is 19.1 Å². The number of ether oxygens (including phenoxy) is 1. The van der Waals surface area contributed by atoms with Gasteiger partial charge in [0, 0.05) is 19.2 Å². The van der Waals surface area contributed by atoms with E-state index < -0.39 is 12.8 Å². The monoisotopic (exact) mass is 389 g/mol. The highest BCUT2D eigenvalue weighted by Gasteiger charge is 2.27. The zero-order valence-electron chi connectivity index (χ0n) is 14.4. The maximum atomic E-state index is 12.6. The summed E-state index contributed by atoms with van der Waals surface area (Å²) in [6.45, 7) is 1.25. The second-order valence-corrected chi connectivity index (χ2v) is 6.13. The van der Waals surface area contributed by atoms with E-state index in [1.807, 2.05) is 6.92 Å². The Morgan fingerprint density at radius 3 is 2.77 bits per heavy atom. The van der Waals surface area contributed by atoms with E-state index in [0.29, 0.717) is 22.7 Å². The highest BCUT2D eigenvalue weighted by molar-refractivity contribution is 6.31. The summed E-state index contributed by atoms with van der Waals surface area (Å²) in [5.41, 5.74) is 1.57. The van der Waals surface area contributed by atoms with Crippen LogP contribution in [0.2, 0.25) is 5.02 Å². The van der Waals surface area contributed by atoms with Crippen LogP contribution in [0.3, 0.4) is 0 Å². The standard InChI is InChI=1S/C17H19ClF3N3O2/c1-3-24-15(14(18)8-22-24)9-23(2)16(25)13-6-4-5-12(7-13)10-26-11-17(19,20)21/h4-8H,3,9-11H2,1-2H3. The van der Waals surface area contributed by atoms with Crippen LogP contribution in [0.5, 0.6) is 0 Å². The van der Waals surface area contributed by atoms with Crippen molar-refractivity contribution < 1.29 is 22.7 Å². The number of aryl methyl sites for hydroxylation is 1. The molecule has 0 aliphatic rings. The van der Waals surface area contributed by atoms with Crippen molar-refractivity contribution in [3.05, 3.63) is 52.3 Å². The van der Waals surface area contributed by atoms with Crippen LogP contribution in [0.4, 0.5) is 13.2 Å². The van der Waals surface area contributed by atoms with Gasteiger partial charge in [-0.1, -0.05) is 23.7 Å². The van der Waals surface area contributed by atoms with E-state index in [4.69, 9.17) is 11.6 Å². The molecule has 1 aromatic heterocycles. The third kappa shape index (κ3) is 5.47. The minimum Gasteiger partial charge on any atom is -0.367 e. The average molecular weight is 390 g/mol. The molecule has 26 heavy (non-hydrogen) atoms. The molecule has 142 valence electrons. The van der Waals surface area contributed by atoms with Crippen molar-refractivity contribution >= 4 is 17.5 Å². The van der Waals surface area contributed by atoms with Crippen LogP contribution in [0.1, 0.15) is 28.5 Å². The molecule has 2 rings (SSSR count). The molecule has 0 unspecified atom stereocenters. The zero-order valence-corrected chi connectivity index (χ0v) is 15.1. The first-order chi connectivity index (χ1) is 12.2. The first-order valence-corrected chi connectivity index (χ1v) is 8.28. The fourth-order valence-corrected chi connectivity index (χ4v) is 2.61. The second kappa shape index (κ2) is 8.55. The molecule has 0 saturated heterocycles. The molecule has 9 heteroatoms. The van der Waals surface area contributed by atoms with Crippen LogP contribution in [0, 0.1) is 0 Å². The van der Waals surface area contributed by atoms with Gasteiger partial charge in [-0.2, -0.15) is 18.3 Å². The number of alkyl halides is 3. The van der Waals surface area contributed by atoms with Gasteiger partial charge >= 0.3 is 6.18 Å². The van der Waals surface area contributed by atoms with E-state index in [2.05, 4.69) is 9.84 Å². The molecule has 1 aromatic carbocycles. The molecular weight excluding hydrogens is 371 g/mol. The summed E-state index contributed by atoms with van der Waals surface area (Å²) in [4.78, 5) is 14.1. The van der Waals surface area contributed by atoms with Crippen LogP contribution in [0.15, 0.2) is 30.5 Å². The second-order valence-electron chi connectivity index (χ2n) is 5.72. The van der Waals surface area contributed by atoms with Gasteiger partial charge < -0.3 is 9.64 Å². The Labute approximate surface area is 154 Å². The van der Waals surface area contributed by atoms with Gasteiger partial charge in [0.1, 0.15) is 6.61 Å². The molecule has 5 nitrogen and oxygen atoms in total. The Morgan fingerprint density at radius 2 is 2.12 bits per heavy atom. The summed E-state index contributed by atoms with van der Waals surface area (Å²) >= 11 is 6.11. The predicted molar refractivity (Wildman–Crippen MR) is 90.9 cm³/mol. The molecule has 0 bridgehead atoms. The van der Waals surface area contributed by atoms with Gasteiger partial charge in [-0.05, 0) is 24.6 Å². The number of benzene rings is 1. The molecule has 0 saturated carbocycles. The third-order valence-electron chi connectivity index (χ3n) is 3.64. The molecule has 0 aliphatic heterocycles. The topological polar surface area (TPSA) is 47.4 Å². The molecule has 0 radical (unpaired) electrons.